The molecule has 0 aromatic carbocycles. The normalized spacial score (nSPS) is 29.4. The number of aromatic nitrogens is 2. The van der Waals surface area contributed by atoms with Crippen LogP contribution in [-0.2, 0) is 0 Å². The first-order chi connectivity index (χ1) is 10.2. The molecule has 3 rings (SSSR count). The summed E-state index contributed by atoms with van der Waals surface area (Å²) in [6.45, 7) is 7.30. The lowest BCUT2D eigenvalue weighted by Crippen LogP contribution is -2.49. The van der Waals surface area contributed by atoms with Gasteiger partial charge in [-0.15, -0.1) is 0 Å². The second kappa shape index (κ2) is 4.76. The monoisotopic (exact) mass is 303 g/mol. The zero-order chi connectivity index (χ0) is 16.1. The molecule has 2 aliphatic rings. The Bertz CT molecular complexity index is 643. The van der Waals surface area contributed by atoms with Crippen LogP contribution in [0.25, 0.3) is 0 Å². The summed E-state index contributed by atoms with van der Waals surface area (Å²) in [5.74, 6) is -1.53. The fraction of sp³-hybridized carbons (Fsp3) is 0.625. The van der Waals surface area contributed by atoms with Gasteiger partial charge < -0.3 is 10.0 Å². The van der Waals surface area contributed by atoms with Gasteiger partial charge in [0.15, 0.2) is 11.4 Å². The maximum Gasteiger partial charge on any atom is 0.356 e. The summed E-state index contributed by atoms with van der Waals surface area (Å²) in [5, 5.41) is 9.21. The van der Waals surface area contributed by atoms with Crippen molar-refractivity contribution in [3.8, 4) is 0 Å². The third-order valence-corrected chi connectivity index (χ3v) is 5.17. The number of carbonyl (C=O) groups excluding carboxylic acids is 1. The van der Waals surface area contributed by atoms with Crippen molar-refractivity contribution in [2.75, 3.05) is 6.54 Å². The Labute approximate surface area is 129 Å². The van der Waals surface area contributed by atoms with E-state index in [1.165, 1.54) is 12.4 Å². The van der Waals surface area contributed by atoms with Crippen LogP contribution < -0.4 is 0 Å². The molecule has 2 atom stereocenters. The zero-order valence-corrected chi connectivity index (χ0v) is 13.2. The summed E-state index contributed by atoms with van der Waals surface area (Å²) in [7, 11) is 0. The molecule has 2 fully saturated rings. The molecule has 22 heavy (non-hydrogen) atoms. The number of hydrogen-bond donors (Lipinski definition) is 1. The van der Waals surface area contributed by atoms with Gasteiger partial charge in [-0.3, -0.25) is 4.79 Å². The van der Waals surface area contributed by atoms with E-state index in [4.69, 9.17) is 0 Å². The SMILES string of the molecule is CC12CCN(C(=O)c3nccnc3C(=O)O)C(C1)C(C)(C)C2. The first-order valence-corrected chi connectivity index (χ1v) is 7.59. The summed E-state index contributed by atoms with van der Waals surface area (Å²) >= 11 is 0. The van der Waals surface area contributed by atoms with Gasteiger partial charge >= 0.3 is 5.97 Å². The average molecular weight is 303 g/mol. The largest absolute Gasteiger partial charge is 0.476 e. The maximum atomic E-state index is 12.9. The lowest BCUT2D eigenvalue weighted by atomic mass is 9.81. The fourth-order valence-electron chi connectivity index (χ4n) is 4.33. The number of carboxylic acid groups (broad SMARTS) is 1. The Kier molecular flexibility index (Phi) is 3.23. The van der Waals surface area contributed by atoms with Crippen LogP contribution in [0.15, 0.2) is 12.4 Å². The lowest BCUT2D eigenvalue weighted by Gasteiger charge is -2.40. The van der Waals surface area contributed by atoms with Crippen LogP contribution in [0, 0.1) is 10.8 Å². The maximum absolute atomic E-state index is 12.9. The smallest absolute Gasteiger partial charge is 0.356 e. The van der Waals surface area contributed by atoms with Gasteiger partial charge in [0.05, 0.1) is 0 Å². The van der Waals surface area contributed by atoms with Crippen molar-refractivity contribution in [2.24, 2.45) is 10.8 Å². The van der Waals surface area contributed by atoms with Gasteiger partial charge in [-0.1, -0.05) is 20.8 Å². The number of aromatic carboxylic acids is 1. The van der Waals surface area contributed by atoms with Crippen LogP contribution in [0.3, 0.4) is 0 Å². The highest BCUT2D eigenvalue weighted by Gasteiger charge is 2.53. The van der Waals surface area contributed by atoms with Crippen molar-refractivity contribution >= 4 is 11.9 Å². The standard InChI is InChI=1S/C16H21N3O3/c1-15(2)9-16(3)4-7-19(10(15)8-16)13(20)11-12(14(21)22)18-6-5-17-11/h5-6,10H,4,7-9H2,1-3H3,(H,21,22). The predicted molar refractivity (Wildman–Crippen MR) is 79.6 cm³/mol. The molecule has 6 heteroatoms. The number of likely N-dealkylation sites (tertiary alicyclic amines) is 1. The number of amides is 1. The van der Waals surface area contributed by atoms with E-state index in [1.54, 1.807) is 0 Å². The number of hydrogen-bond acceptors (Lipinski definition) is 4. The van der Waals surface area contributed by atoms with E-state index in [1.807, 2.05) is 4.90 Å². The van der Waals surface area contributed by atoms with E-state index in [-0.39, 0.29) is 34.2 Å². The number of fused-ring (bicyclic) bond motifs is 2. The van der Waals surface area contributed by atoms with Gasteiger partial charge in [-0.25, -0.2) is 14.8 Å². The molecule has 2 unspecified atom stereocenters. The lowest BCUT2D eigenvalue weighted by molar-refractivity contribution is 0.0459. The Balaban J connectivity index is 1.95. The average Bonchev–Trinajstić information content (AvgIpc) is 2.64. The van der Waals surface area contributed by atoms with E-state index in [2.05, 4.69) is 30.7 Å². The van der Waals surface area contributed by atoms with Crippen LogP contribution in [0.1, 0.15) is 61.0 Å². The Morgan fingerprint density at radius 2 is 1.86 bits per heavy atom. The van der Waals surface area contributed by atoms with Crippen molar-refractivity contribution in [1.82, 2.24) is 14.9 Å². The van der Waals surface area contributed by atoms with E-state index in [0.717, 1.165) is 19.3 Å². The quantitative estimate of drug-likeness (QED) is 0.905. The molecule has 0 spiro atoms. The van der Waals surface area contributed by atoms with E-state index in [0.29, 0.717) is 6.54 Å². The second-order valence-corrected chi connectivity index (χ2v) is 7.50. The predicted octanol–water partition coefficient (Wildman–Crippen LogP) is 2.22. The summed E-state index contributed by atoms with van der Waals surface area (Å²) in [5.41, 5.74) is -0.00642. The minimum absolute atomic E-state index is 0.0342. The summed E-state index contributed by atoms with van der Waals surface area (Å²) in [4.78, 5) is 33.7. The molecule has 118 valence electrons. The molecule has 1 saturated heterocycles. The van der Waals surface area contributed by atoms with E-state index < -0.39 is 5.97 Å². The molecule has 6 nitrogen and oxygen atoms in total. The molecular weight excluding hydrogens is 282 g/mol. The summed E-state index contributed by atoms with van der Waals surface area (Å²) < 4.78 is 0. The van der Waals surface area contributed by atoms with Gasteiger partial charge in [-0.2, -0.15) is 0 Å². The van der Waals surface area contributed by atoms with Crippen LogP contribution >= 0.6 is 0 Å². The molecule has 2 bridgehead atoms. The Hall–Kier alpha value is -1.98. The minimum atomic E-state index is -1.22. The second-order valence-electron chi connectivity index (χ2n) is 7.50. The highest BCUT2D eigenvalue weighted by molar-refractivity contribution is 6.02. The molecule has 1 aromatic heterocycles. The van der Waals surface area contributed by atoms with Crippen LogP contribution in [0.4, 0.5) is 0 Å². The van der Waals surface area contributed by atoms with Gasteiger partial charge in [0, 0.05) is 25.0 Å². The molecule has 1 amide bonds. The zero-order valence-electron chi connectivity index (χ0n) is 13.2. The number of piperidine rings is 1. The fourth-order valence-corrected chi connectivity index (χ4v) is 4.33. The first-order valence-electron chi connectivity index (χ1n) is 7.59. The third-order valence-electron chi connectivity index (χ3n) is 5.17. The van der Waals surface area contributed by atoms with Crippen molar-refractivity contribution in [3.05, 3.63) is 23.8 Å². The number of carboxylic acids is 1. The molecule has 1 aliphatic carbocycles. The van der Waals surface area contributed by atoms with Gasteiger partial charge in [0.1, 0.15) is 0 Å². The number of rotatable bonds is 2. The minimum Gasteiger partial charge on any atom is -0.476 e. The van der Waals surface area contributed by atoms with Crippen LogP contribution in [0.2, 0.25) is 0 Å². The number of nitrogens with zero attached hydrogens (tertiary/aromatic N) is 3. The van der Waals surface area contributed by atoms with Gasteiger partial charge in [-0.05, 0) is 30.1 Å². The van der Waals surface area contributed by atoms with Crippen molar-refractivity contribution in [1.29, 1.82) is 0 Å². The van der Waals surface area contributed by atoms with Crippen molar-refractivity contribution in [2.45, 2.75) is 46.1 Å². The Morgan fingerprint density at radius 1 is 1.23 bits per heavy atom. The first kappa shape index (κ1) is 14.9. The molecular formula is C16H21N3O3. The van der Waals surface area contributed by atoms with Crippen molar-refractivity contribution < 1.29 is 14.7 Å². The molecule has 1 N–H and O–H groups in total. The van der Waals surface area contributed by atoms with Crippen LogP contribution in [0.5, 0.6) is 0 Å². The molecule has 0 radical (unpaired) electrons. The molecule has 1 aromatic rings. The van der Waals surface area contributed by atoms with Gasteiger partial charge in [0.25, 0.3) is 5.91 Å². The Morgan fingerprint density at radius 3 is 2.50 bits per heavy atom. The van der Waals surface area contributed by atoms with Gasteiger partial charge in [0.2, 0.25) is 0 Å². The van der Waals surface area contributed by atoms with E-state index in [9.17, 15) is 14.7 Å². The summed E-state index contributed by atoms with van der Waals surface area (Å²) in [6.07, 6.45) is 5.66. The highest BCUT2D eigenvalue weighted by Crippen LogP contribution is 2.55. The van der Waals surface area contributed by atoms with Crippen LogP contribution in [-0.4, -0.2) is 44.4 Å². The topological polar surface area (TPSA) is 83.4 Å². The number of carbonyl (C=O) groups is 2. The van der Waals surface area contributed by atoms with Crippen molar-refractivity contribution in [3.63, 3.8) is 0 Å². The third kappa shape index (κ3) is 2.26. The molecule has 2 heterocycles. The summed E-state index contributed by atoms with van der Waals surface area (Å²) in [6, 6.07) is 0.127. The molecule has 1 saturated carbocycles. The van der Waals surface area contributed by atoms with E-state index >= 15 is 0 Å². The highest BCUT2D eigenvalue weighted by atomic mass is 16.4. The molecule has 1 aliphatic heterocycles.